The molecular formula is C35H49N6O4+. The first-order valence-corrected chi connectivity index (χ1v) is 16.7. The van der Waals surface area contributed by atoms with Crippen molar-refractivity contribution in [3.8, 4) is 0 Å². The Morgan fingerprint density at radius 2 is 1.76 bits per heavy atom. The van der Waals surface area contributed by atoms with Gasteiger partial charge in [0.15, 0.2) is 5.66 Å². The Labute approximate surface area is 267 Å². The summed E-state index contributed by atoms with van der Waals surface area (Å²) in [6.45, 7) is 8.51. The number of aldehydes is 1. The minimum absolute atomic E-state index is 0.103. The molecule has 0 radical (unpaired) electrons. The summed E-state index contributed by atoms with van der Waals surface area (Å²) in [5.41, 5.74) is 2.99. The highest BCUT2D eigenvalue weighted by Gasteiger charge is 2.64. The maximum Gasteiger partial charge on any atom is 0.515 e. The average Bonchev–Trinajstić information content (AvgIpc) is 3.20. The topological polar surface area (TPSA) is 96.4 Å². The second kappa shape index (κ2) is 13.2. The van der Waals surface area contributed by atoms with Crippen LogP contribution in [0.1, 0.15) is 48.8 Å². The van der Waals surface area contributed by atoms with Crippen LogP contribution in [0.3, 0.4) is 0 Å². The Balaban J connectivity index is 1.34. The van der Waals surface area contributed by atoms with E-state index in [1.165, 1.54) is 0 Å². The van der Waals surface area contributed by atoms with Gasteiger partial charge in [0.25, 0.3) is 0 Å². The molecule has 3 saturated heterocycles. The lowest BCUT2D eigenvalue weighted by atomic mass is 9.82. The summed E-state index contributed by atoms with van der Waals surface area (Å²) in [4.78, 5) is 49.3. The Bertz CT molecular complexity index is 1390. The molecule has 45 heavy (non-hydrogen) atoms. The quantitative estimate of drug-likeness (QED) is 0.355. The van der Waals surface area contributed by atoms with Crippen molar-refractivity contribution in [2.45, 2.75) is 69.7 Å². The third-order valence-corrected chi connectivity index (χ3v) is 11.2. The fraction of sp³-hybridized carbons (Fsp3) is 0.571. The highest BCUT2D eigenvalue weighted by molar-refractivity contribution is 5.91. The van der Waals surface area contributed by atoms with E-state index in [4.69, 9.17) is 0 Å². The number of carboxylic acid groups (broad SMARTS) is 1. The first-order valence-electron chi connectivity index (χ1n) is 16.7. The van der Waals surface area contributed by atoms with Gasteiger partial charge in [-0.05, 0) is 58.0 Å². The molecule has 0 aliphatic carbocycles. The van der Waals surface area contributed by atoms with E-state index in [1.54, 1.807) is 0 Å². The van der Waals surface area contributed by atoms with Crippen molar-refractivity contribution in [1.82, 2.24) is 19.6 Å². The number of benzene rings is 2. The molecule has 242 valence electrons. The lowest BCUT2D eigenvalue weighted by Gasteiger charge is -2.59. The summed E-state index contributed by atoms with van der Waals surface area (Å²) in [6.07, 6.45) is 4.13. The second-order valence-corrected chi connectivity index (χ2v) is 13.7. The highest BCUT2D eigenvalue weighted by atomic mass is 16.4. The lowest BCUT2D eigenvalue weighted by Crippen LogP contribution is -2.79. The Kier molecular flexibility index (Phi) is 9.29. The maximum atomic E-state index is 13.7. The molecule has 10 nitrogen and oxygen atoms in total. The largest absolute Gasteiger partial charge is 0.515 e. The zero-order valence-electron chi connectivity index (χ0n) is 26.9. The van der Waals surface area contributed by atoms with Crippen LogP contribution >= 0.6 is 0 Å². The van der Waals surface area contributed by atoms with Crippen molar-refractivity contribution in [3.63, 3.8) is 0 Å². The number of anilines is 1. The van der Waals surface area contributed by atoms with Gasteiger partial charge >= 0.3 is 12.1 Å². The summed E-state index contributed by atoms with van der Waals surface area (Å²) < 4.78 is -0.227. The van der Waals surface area contributed by atoms with Crippen LogP contribution in [0, 0.1) is 6.92 Å². The molecule has 3 fully saturated rings. The summed E-state index contributed by atoms with van der Waals surface area (Å²) >= 11 is 0. The Morgan fingerprint density at radius 3 is 2.47 bits per heavy atom. The summed E-state index contributed by atoms with van der Waals surface area (Å²) in [5, 5.41) is 14.3. The molecule has 0 aromatic heterocycles. The molecular weight excluding hydrogens is 568 g/mol. The minimum atomic E-state index is -0.988. The van der Waals surface area contributed by atoms with Crippen LogP contribution in [0.4, 0.5) is 15.3 Å². The van der Waals surface area contributed by atoms with E-state index >= 15 is 0 Å². The molecule has 0 saturated carbocycles. The van der Waals surface area contributed by atoms with Gasteiger partial charge in [-0.15, -0.1) is 0 Å². The molecule has 4 aliphatic rings. The molecule has 0 spiro atoms. The summed E-state index contributed by atoms with van der Waals surface area (Å²) in [6, 6.07) is 16.2. The SMILES string of the molecule is Cc1cccc(C[N@+]2(C(=O)O)CCC(N3CCc4ccccc4NC3=O)CC2(CC=O)N2CCN(C3CCN(C)CC3)CC2)c1. The van der Waals surface area contributed by atoms with Gasteiger partial charge in [-0.25, -0.2) is 14.2 Å². The second-order valence-electron chi connectivity index (χ2n) is 13.7. The number of carbonyl (C=O) groups is 3. The number of piperidine rings is 2. The van der Waals surface area contributed by atoms with Gasteiger partial charge in [0.2, 0.25) is 0 Å². The molecule has 4 heterocycles. The van der Waals surface area contributed by atoms with Gasteiger partial charge in [-0.2, -0.15) is 4.79 Å². The Morgan fingerprint density at radius 1 is 1.00 bits per heavy atom. The highest BCUT2D eigenvalue weighted by Crippen LogP contribution is 2.45. The van der Waals surface area contributed by atoms with Crippen molar-refractivity contribution in [1.29, 1.82) is 0 Å². The fourth-order valence-electron chi connectivity index (χ4n) is 8.71. The molecule has 2 aromatic carbocycles. The van der Waals surface area contributed by atoms with Gasteiger partial charge in [-0.3, -0.25) is 4.90 Å². The van der Waals surface area contributed by atoms with E-state index in [-0.39, 0.29) is 23.0 Å². The molecule has 6 rings (SSSR count). The number of likely N-dealkylation sites (tertiary alicyclic amines) is 2. The van der Waals surface area contributed by atoms with Crippen LogP contribution < -0.4 is 5.32 Å². The molecule has 3 atom stereocenters. The molecule has 0 bridgehead atoms. The summed E-state index contributed by atoms with van der Waals surface area (Å²) in [7, 11) is 2.18. The number of fused-ring (bicyclic) bond motifs is 1. The van der Waals surface area contributed by atoms with Crippen LogP contribution in [0.2, 0.25) is 0 Å². The normalized spacial score (nSPS) is 29.1. The van der Waals surface area contributed by atoms with Crippen molar-refractivity contribution in [2.75, 3.05) is 64.7 Å². The Hall–Kier alpha value is -3.31. The number of hydrogen-bond acceptors (Lipinski definition) is 6. The zero-order valence-corrected chi connectivity index (χ0v) is 26.9. The van der Waals surface area contributed by atoms with Crippen molar-refractivity contribution in [2.24, 2.45) is 0 Å². The molecule has 2 N–H and O–H groups in total. The predicted octanol–water partition coefficient (Wildman–Crippen LogP) is 4.24. The van der Waals surface area contributed by atoms with Crippen LogP contribution in [0.25, 0.3) is 0 Å². The van der Waals surface area contributed by atoms with Crippen molar-refractivity contribution in [3.05, 3.63) is 65.2 Å². The number of amides is 3. The number of urea groups is 1. The smallest absolute Gasteiger partial charge is 0.435 e. The van der Waals surface area contributed by atoms with E-state index in [0.717, 1.165) is 74.1 Å². The predicted molar refractivity (Wildman–Crippen MR) is 174 cm³/mol. The number of quaternary nitrogens is 1. The van der Waals surface area contributed by atoms with Crippen LogP contribution in [-0.2, 0) is 17.8 Å². The van der Waals surface area contributed by atoms with Crippen molar-refractivity contribution < 1.29 is 24.0 Å². The zero-order chi connectivity index (χ0) is 31.6. The average molecular weight is 618 g/mol. The number of piperazine rings is 1. The number of carbonyl (C=O) groups excluding carboxylic acids is 2. The van der Waals surface area contributed by atoms with Gasteiger partial charge in [0, 0.05) is 68.9 Å². The first-order chi connectivity index (χ1) is 21.7. The van der Waals surface area contributed by atoms with Crippen LogP contribution in [0.15, 0.2) is 48.5 Å². The number of para-hydroxylation sites is 1. The van der Waals surface area contributed by atoms with E-state index < -0.39 is 11.8 Å². The van der Waals surface area contributed by atoms with Gasteiger partial charge < -0.3 is 25.0 Å². The molecule has 2 unspecified atom stereocenters. The third kappa shape index (κ3) is 6.13. The van der Waals surface area contributed by atoms with E-state index in [0.29, 0.717) is 51.6 Å². The minimum Gasteiger partial charge on any atom is -0.435 e. The lowest BCUT2D eigenvalue weighted by molar-refractivity contribution is -0.942. The van der Waals surface area contributed by atoms with Crippen molar-refractivity contribution >= 4 is 24.1 Å². The number of rotatable bonds is 7. The van der Waals surface area contributed by atoms with Gasteiger partial charge in [0.1, 0.15) is 12.8 Å². The number of nitrogens with zero attached hydrogens (tertiary/aromatic N) is 5. The number of aryl methyl sites for hydroxylation is 1. The van der Waals surface area contributed by atoms with E-state index in [9.17, 15) is 19.5 Å². The fourth-order valence-corrected chi connectivity index (χ4v) is 8.71. The molecule has 3 amide bonds. The molecule has 10 heteroatoms. The van der Waals surface area contributed by atoms with Crippen LogP contribution in [0.5, 0.6) is 0 Å². The standard InChI is InChI=1S/C35H48N6O4/c1-27-6-5-7-28(24-27)26-41(34(44)45)22-13-31(40-17-10-29-8-3-4-9-32(29)36-33(40)43)25-35(41,14-23-42)39-20-18-38(19-21-39)30-11-15-37(2)16-12-30/h3-9,23-24,30-31H,10-22,25-26H2,1-2H3,(H-,36,43,44,45)/p+1/t31?,35?,41-/m0/s1. The molecule has 4 aliphatic heterocycles. The van der Waals surface area contributed by atoms with Gasteiger partial charge in [0.05, 0.1) is 13.0 Å². The summed E-state index contributed by atoms with van der Waals surface area (Å²) in [5.74, 6) is 0. The maximum absolute atomic E-state index is 13.7. The first kappa shape index (κ1) is 31.7. The van der Waals surface area contributed by atoms with Crippen LogP contribution in [-0.4, -0.2) is 125 Å². The van der Waals surface area contributed by atoms with E-state index in [1.807, 2.05) is 48.2 Å². The van der Waals surface area contributed by atoms with Gasteiger partial charge in [-0.1, -0.05) is 48.0 Å². The number of nitrogens with one attached hydrogen (secondary N) is 1. The van der Waals surface area contributed by atoms with E-state index in [2.05, 4.69) is 39.2 Å². The number of hydrogen-bond donors (Lipinski definition) is 2. The monoisotopic (exact) mass is 617 g/mol. The molecule has 2 aromatic rings. The third-order valence-electron chi connectivity index (χ3n) is 11.2.